The Labute approximate surface area is 200 Å². The van der Waals surface area contributed by atoms with Gasteiger partial charge in [0.05, 0.1) is 6.61 Å². The average Bonchev–Trinajstić information content (AvgIpc) is 2.88. The lowest BCUT2D eigenvalue weighted by Crippen LogP contribution is -2.47. The first-order valence-electron chi connectivity index (χ1n) is 15.2. The fraction of sp³-hybridized carbons (Fsp3) is 1.00. The number of rotatable bonds is 10. The van der Waals surface area contributed by atoms with E-state index in [9.17, 15) is 0 Å². The Balaban J connectivity index is 1.40. The minimum atomic E-state index is -0.0290. The molecule has 2 heteroatoms. The molecule has 4 aliphatic carbocycles. The third-order valence-corrected chi connectivity index (χ3v) is 10.5. The van der Waals surface area contributed by atoms with Gasteiger partial charge in [-0.25, -0.2) is 0 Å². The summed E-state index contributed by atoms with van der Waals surface area (Å²) < 4.78 is 6.21. The molecule has 4 rings (SSSR count). The Morgan fingerprint density at radius 1 is 0.594 bits per heavy atom. The highest BCUT2D eigenvalue weighted by Gasteiger charge is 2.49. The maximum Gasteiger partial charge on any atom is 0.105 e. The van der Waals surface area contributed by atoms with Gasteiger partial charge in [-0.3, -0.25) is 0 Å². The van der Waals surface area contributed by atoms with Crippen molar-refractivity contribution in [3.8, 4) is 0 Å². The van der Waals surface area contributed by atoms with Gasteiger partial charge in [-0.15, -0.1) is 0 Å². The van der Waals surface area contributed by atoms with Crippen molar-refractivity contribution in [3.05, 3.63) is 0 Å². The zero-order chi connectivity index (χ0) is 22.1. The molecule has 0 spiro atoms. The summed E-state index contributed by atoms with van der Waals surface area (Å²) in [5.41, 5.74) is 7.16. The standard InChI is InChI=1S/C30H55NO/c31-29(32-24-25-14-5-1-6-15-25)22-13-23-30(26-16-7-2-8-17-26,27-18-9-3-10-19-27)28-20-11-4-12-21-28/h25-29H,1-24,31H2. The summed E-state index contributed by atoms with van der Waals surface area (Å²) in [6, 6.07) is 0. The van der Waals surface area contributed by atoms with Crippen LogP contribution in [0.3, 0.4) is 0 Å². The van der Waals surface area contributed by atoms with Crippen LogP contribution in [0.4, 0.5) is 0 Å². The Morgan fingerprint density at radius 3 is 1.44 bits per heavy atom. The molecule has 0 amide bonds. The van der Waals surface area contributed by atoms with Gasteiger partial charge >= 0.3 is 0 Å². The fourth-order valence-corrected chi connectivity index (χ4v) is 8.84. The smallest absolute Gasteiger partial charge is 0.105 e. The van der Waals surface area contributed by atoms with Crippen LogP contribution in [0.1, 0.15) is 148 Å². The highest BCUT2D eigenvalue weighted by Crippen LogP contribution is 2.59. The van der Waals surface area contributed by atoms with E-state index in [0.717, 1.165) is 36.7 Å². The lowest BCUT2D eigenvalue weighted by molar-refractivity contribution is -0.0607. The second kappa shape index (κ2) is 13.1. The predicted molar refractivity (Wildman–Crippen MR) is 137 cm³/mol. The van der Waals surface area contributed by atoms with E-state index < -0.39 is 0 Å². The molecule has 32 heavy (non-hydrogen) atoms. The van der Waals surface area contributed by atoms with Crippen molar-refractivity contribution < 1.29 is 4.74 Å². The first kappa shape index (κ1) is 25.0. The molecule has 0 saturated heterocycles. The molecule has 186 valence electrons. The van der Waals surface area contributed by atoms with Gasteiger partial charge in [0.25, 0.3) is 0 Å². The van der Waals surface area contributed by atoms with Crippen molar-refractivity contribution in [2.75, 3.05) is 6.61 Å². The Kier molecular flexibility index (Phi) is 10.3. The third-order valence-electron chi connectivity index (χ3n) is 10.5. The quantitative estimate of drug-likeness (QED) is 0.341. The second-order valence-electron chi connectivity index (χ2n) is 12.4. The minimum Gasteiger partial charge on any atom is -0.363 e. The van der Waals surface area contributed by atoms with E-state index in [2.05, 4.69) is 0 Å². The zero-order valence-electron chi connectivity index (χ0n) is 21.3. The van der Waals surface area contributed by atoms with Crippen LogP contribution in [0.15, 0.2) is 0 Å². The van der Waals surface area contributed by atoms with Crippen molar-refractivity contribution >= 4 is 0 Å². The first-order chi connectivity index (χ1) is 15.8. The van der Waals surface area contributed by atoms with Gasteiger partial charge in [0.15, 0.2) is 0 Å². The first-order valence-corrected chi connectivity index (χ1v) is 15.2. The summed E-state index contributed by atoms with van der Waals surface area (Å²) >= 11 is 0. The highest BCUT2D eigenvalue weighted by molar-refractivity contribution is 4.99. The van der Waals surface area contributed by atoms with Crippen LogP contribution in [0, 0.1) is 29.1 Å². The van der Waals surface area contributed by atoms with Crippen molar-refractivity contribution in [1.29, 1.82) is 0 Å². The number of hydrogen-bond donors (Lipinski definition) is 1. The van der Waals surface area contributed by atoms with E-state index in [1.807, 2.05) is 0 Å². The molecule has 0 radical (unpaired) electrons. The van der Waals surface area contributed by atoms with E-state index in [-0.39, 0.29) is 6.23 Å². The van der Waals surface area contributed by atoms with Gasteiger partial charge in [0.1, 0.15) is 6.23 Å². The molecule has 0 aromatic heterocycles. The van der Waals surface area contributed by atoms with Crippen molar-refractivity contribution in [1.82, 2.24) is 0 Å². The largest absolute Gasteiger partial charge is 0.363 e. The molecule has 0 aromatic carbocycles. The summed E-state index contributed by atoms with van der Waals surface area (Å²) in [7, 11) is 0. The normalized spacial score (nSPS) is 26.9. The monoisotopic (exact) mass is 445 g/mol. The van der Waals surface area contributed by atoms with Gasteiger partial charge in [0, 0.05) is 0 Å². The van der Waals surface area contributed by atoms with Gasteiger partial charge in [0.2, 0.25) is 0 Å². The molecule has 2 N–H and O–H groups in total. The van der Waals surface area contributed by atoms with Crippen LogP contribution < -0.4 is 5.73 Å². The average molecular weight is 446 g/mol. The molecule has 4 fully saturated rings. The molecule has 1 unspecified atom stereocenters. The Bertz CT molecular complexity index is 449. The Hall–Kier alpha value is -0.0800. The fourth-order valence-electron chi connectivity index (χ4n) is 8.84. The summed E-state index contributed by atoms with van der Waals surface area (Å²) in [4.78, 5) is 0. The lowest BCUT2D eigenvalue weighted by Gasteiger charge is -2.55. The number of hydrogen-bond acceptors (Lipinski definition) is 2. The van der Waals surface area contributed by atoms with Crippen LogP contribution in [-0.4, -0.2) is 12.8 Å². The van der Waals surface area contributed by atoms with Gasteiger partial charge < -0.3 is 10.5 Å². The predicted octanol–water partition coefficient (Wildman–Crippen LogP) is 8.77. The topological polar surface area (TPSA) is 35.2 Å². The van der Waals surface area contributed by atoms with Crippen LogP contribution in [0.2, 0.25) is 0 Å². The third kappa shape index (κ3) is 6.53. The molecular weight excluding hydrogens is 390 g/mol. The molecule has 0 aromatic rings. The van der Waals surface area contributed by atoms with Crippen molar-refractivity contribution in [2.24, 2.45) is 34.8 Å². The molecule has 0 heterocycles. The van der Waals surface area contributed by atoms with E-state index in [4.69, 9.17) is 10.5 Å². The molecule has 0 bridgehead atoms. The van der Waals surface area contributed by atoms with Crippen LogP contribution in [0.5, 0.6) is 0 Å². The van der Waals surface area contributed by atoms with Gasteiger partial charge in [-0.1, -0.05) is 77.0 Å². The minimum absolute atomic E-state index is 0.0290. The maximum absolute atomic E-state index is 6.53. The van der Waals surface area contributed by atoms with E-state index in [1.165, 1.54) is 141 Å². The van der Waals surface area contributed by atoms with E-state index in [0.29, 0.717) is 5.41 Å². The van der Waals surface area contributed by atoms with Crippen molar-refractivity contribution in [3.63, 3.8) is 0 Å². The van der Waals surface area contributed by atoms with Crippen LogP contribution >= 0.6 is 0 Å². The van der Waals surface area contributed by atoms with E-state index >= 15 is 0 Å². The van der Waals surface area contributed by atoms with Gasteiger partial charge in [-0.05, 0) is 99.7 Å². The van der Waals surface area contributed by atoms with Crippen molar-refractivity contribution in [2.45, 2.75) is 154 Å². The maximum atomic E-state index is 6.53. The highest BCUT2D eigenvalue weighted by atomic mass is 16.5. The Morgan fingerprint density at radius 2 is 1.00 bits per heavy atom. The van der Waals surface area contributed by atoms with Crippen LogP contribution in [-0.2, 0) is 4.74 Å². The molecule has 4 saturated carbocycles. The summed E-state index contributed by atoms with van der Waals surface area (Å²) in [6.45, 7) is 0.917. The summed E-state index contributed by atoms with van der Waals surface area (Å²) in [6.07, 6.45) is 33.3. The second-order valence-corrected chi connectivity index (χ2v) is 12.4. The molecule has 0 aliphatic heterocycles. The number of ether oxygens (including phenoxy) is 1. The molecule has 2 nitrogen and oxygen atoms in total. The molecular formula is C30H55NO. The van der Waals surface area contributed by atoms with Gasteiger partial charge in [-0.2, -0.15) is 0 Å². The summed E-state index contributed by atoms with van der Waals surface area (Å²) in [5, 5.41) is 0. The number of nitrogens with two attached hydrogens (primary N) is 1. The zero-order valence-corrected chi connectivity index (χ0v) is 21.3. The SMILES string of the molecule is NC(CCCC(C1CCCCC1)(C1CCCCC1)C1CCCCC1)OCC1CCCCC1. The molecule has 4 aliphatic rings. The summed E-state index contributed by atoms with van der Waals surface area (Å²) in [5.74, 6) is 3.78. The van der Waals surface area contributed by atoms with Crippen LogP contribution in [0.25, 0.3) is 0 Å². The lowest BCUT2D eigenvalue weighted by atomic mass is 9.50. The molecule has 1 atom stereocenters. The van der Waals surface area contributed by atoms with E-state index in [1.54, 1.807) is 0 Å².